The van der Waals surface area contributed by atoms with Gasteiger partial charge in [0.15, 0.2) is 0 Å². The van der Waals surface area contributed by atoms with Crippen molar-refractivity contribution in [1.29, 1.82) is 0 Å². The maximum atomic E-state index is 9.37. The first-order chi connectivity index (χ1) is 17.4. The molecule has 0 saturated heterocycles. The number of aromatic nitrogens is 2. The fourth-order valence-electron chi connectivity index (χ4n) is 4.80. The molecule has 2 heterocycles. The van der Waals surface area contributed by atoms with Crippen molar-refractivity contribution in [3.05, 3.63) is 65.2 Å². The van der Waals surface area contributed by atoms with Crippen molar-refractivity contribution in [2.24, 2.45) is 5.92 Å². The number of hydrogen-bond acceptors (Lipinski definition) is 7. The first kappa shape index (κ1) is 26.5. The lowest BCUT2D eigenvalue weighted by Gasteiger charge is -2.33. The van der Waals surface area contributed by atoms with Crippen LogP contribution in [0.5, 0.6) is 5.88 Å². The molecule has 1 unspecified atom stereocenters. The van der Waals surface area contributed by atoms with Crippen LogP contribution in [0.15, 0.2) is 53.4 Å². The van der Waals surface area contributed by atoms with E-state index < -0.39 is 0 Å². The zero-order valence-corrected chi connectivity index (χ0v) is 22.6. The summed E-state index contributed by atoms with van der Waals surface area (Å²) >= 11 is 1.52. The molecular weight excluding hydrogens is 468 g/mol. The smallest absolute Gasteiger partial charge is 0.237 e. The summed E-state index contributed by atoms with van der Waals surface area (Å²) in [6.45, 7) is 11.3. The molecule has 6 nitrogen and oxygen atoms in total. The van der Waals surface area contributed by atoms with Gasteiger partial charge in [-0.15, -0.1) is 0 Å². The second-order valence-corrected chi connectivity index (χ2v) is 10.9. The average Bonchev–Trinajstić information content (AvgIpc) is 2.85. The molecule has 1 atom stereocenters. The van der Waals surface area contributed by atoms with Crippen LogP contribution in [0.25, 0.3) is 11.3 Å². The van der Waals surface area contributed by atoms with Gasteiger partial charge in [-0.05, 0) is 86.3 Å². The zero-order valence-electron chi connectivity index (χ0n) is 21.8. The average molecular weight is 507 g/mol. The van der Waals surface area contributed by atoms with E-state index in [0.717, 1.165) is 48.5 Å². The highest BCUT2D eigenvalue weighted by atomic mass is 32.2. The van der Waals surface area contributed by atoms with Crippen molar-refractivity contribution < 1.29 is 9.84 Å². The first-order valence-electron chi connectivity index (χ1n) is 12.9. The van der Waals surface area contributed by atoms with E-state index in [2.05, 4.69) is 79.8 Å². The topological polar surface area (TPSA) is 70.5 Å². The number of nitrogens with one attached hydrogen (secondary N) is 1. The summed E-state index contributed by atoms with van der Waals surface area (Å²) in [5.41, 5.74) is 5.60. The number of aliphatic hydroxyl groups excluding tert-OH is 1. The van der Waals surface area contributed by atoms with Crippen LogP contribution in [0.4, 0.5) is 5.95 Å². The largest absolute Gasteiger partial charge is 0.476 e. The normalized spacial score (nSPS) is 16.4. The molecule has 1 aromatic heterocycles. The second kappa shape index (κ2) is 12.6. The predicted octanol–water partition coefficient (Wildman–Crippen LogP) is 6.26. The molecule has 4 rings (SSSR count). The van der Waals surface area contributed by atoms with Crippen molar-refractivity contribution in [3.63, 3.8) is 0 Å². The molecule has 0 radical (unpaired) electrons. The van der Waals surface area contributed by atoms with E-state index in [9.17, 15) is 5.11 Å². The van der Waals surface area contributed by atoms with Crippen molar-refractivity contribution in [3.8, 4) is 17.1 Å². The van der Waals surface area contributed by atoms with E-state index in [-0.39, 0.29) is 12.6 Å². The van der Waals surface area contributed by atoms with E-state index in [4.69, 9.17) is 14.7 Å². The van der Waals surface area contributed by atoms with Gasteiger partial charge < -0.3 is 9.84 Å². The number of fused-ring (bicyclic) bond motifs is 4. The van der Waals surface area contributed by atoms with Gasteiger partial charge in [0.25, 0.3) is 0 Å². The maximum Gasteiger partial charge on any atom is 0.237 e. The number of aliphatic hydroxyl groups is 1. The summed E-state index contributed by atoms with van der Waals surface area (Å²) < 4.78 is 9.77. The fourth-order valence-corrected chi connectivity index (χ4v) is 5.46. The van der Waals surface area contributed by atoms with Gasteiger partial charge in [0.05, 0.1) is 5.69 Å². The Morgan fingerprint density at radius 1 is 1.08 bits per heavy atom. The van der Waals surface area contributed by atoms with E-state index in [1.807, 2.05) is 6.07 Å². The van der Waals surface area contributed by atoms with Gasteiger partial charge in [-0.1, -0.05) is 44.2 Å². The monoisotopic (exact) mass is 506 g/mol. The Kier molecular flexibility index (Phi) is 9.24. The van der Waals surface area contributed by atoms with Crippen LogP contribution >= 0.6 is 11.9 Å². The number of benzene rings is 2. The van der Waals surface area contributed by atoms with E-state index in [1.165, 1.54) is 28.6 Å². The number of rotatable bonds is 7. The minimum Gasteiger partial charge on any atom is -0.476 e. The third kappa shape index (κ3) is 6.99. The quantitative estimate of drug-likeness (QED) is 0.289. The van der Waals surface area contributed by atoms with Crippen LogP contribution in [0.1, 0.15) is 49.8 Å². The van der Waals surface area contributed by atoms with Crippen molar-refractivity contribution in [1.82, 2.24) is 14.9 Å². The van der Waals surface area contributed by atoms with E-state index >= 15 is 0 Å². The molecule has 3 aromatic rings. The summed E-state index contributed by atoms with van der Waals surface area (Å²) in [6.07, 6.45) is 2.78. The number of aryl methyl sites for hydroxylation is 2. The van der Waals surface area contributed by atoms with E-state index in [0.29, 0.717) is 24.4 Å². The first-order valence-corrected chi connectivity index (χ1v) is 13.7. The zero-order chi connectivity index (χ0) is 25.5. The third-order valence-corrected chi connectivity index (χ3v) is 7.30. The SMILES string of the molecule is Cc1cccc(C)c1-c1cc2nc(n1)NSc1cccc(c1)CN(CCCCO)C(CC(C)C)CO2. The molecule has 4 bridgehead atoms. The molecule has 0 fully saturated rings. The lowest BCUT2D eigenvalue weighted by Crippen LogP contribution is -2.41. The Morgan fingerprint density at radius 3 is 2.61 bits per heavy atom. The van der Waals surface area contributed by atoms with Crippen LogP contribution < -0.4 is 9.46 Å². The Balaban J connectivity index is 1.73. The van der Waals surface area contributed by atoms with Crippen LogP contribution in [0.2, 0.25) is 0 Å². The molecule has 1 aliphatic rings. The van der Waals surface area contributed by atoms with Gasteiger partial charge >= 0.3 is 0 Å². The Morgan fingerprint density at radius 2 is 1.86 bits per heavy atom. The van der Waals surface area contributed by atoms with Crippen LogP contribution in [-0.2, 0) is 6.54 Å². The minimum absolute atomic E-state index is 0.224. The highest BCUT2D eigenvalue weighted by Crippen LogP contribution is 2.31. The predicted molar refractivity (Wildman–Crippen MR) is 148 cm³/mol. The Bertz CT molecular complexity index is 1130. The van der Waals surface area contributed by atoms with Crippen molar-refractivity contribution in [2.75, 3.05) is 24.5 Å². The molecule has 0 saturated carbocycles. The maximum absolute atomic E-state index is 9.37. The molecule has 1 aliphatic heterocycles. The molecule has 7 heteroatoms. The summed E-state index contributed by atoms with van der Waals surface area (Å²) in [7, 11) is 0. The molecule has 2 aromatic carbocycles. The third-order valence-electron chi connectivity index (χ3n) is 6.52. The number of nitrogens with zero attached hydrogens (tertiary/aromatic N) is 3. The van der Waals surface area contributed by atoms with Gasteiger partial charge in [0.2, 0.25) is 11.8 Å². The van der Waals surface area contributed by atoms with Gasteiger partial charge in [0.1, 0.15) is 6.61 Å². The highest BCUT2D eigenvalue weighted by Gasteiger charge is 2.22. The summed E-state index contributed by atoms with van der Waals surface area (Å²) in [5, 5.41) is 9.37. The summed E-state index contributed by atoms with van der Waals surface area (Å²) in [5.74, 6) is 1.66. The molecule has 0 aliphatic carbocycles. The second-order valence-electron chi connectivity index (χ2n) is 10.0. The van der Waals surface area contributed by atoms with E-state index in [1.54, 1.807) is 0 Å². The molecular formula is C29H38N4O2S. The summed E-state index contributed by atoms with van der Waals surface area (Å²) in [6, 6.07) is 17.1. The minimum atomic E-state index is 0.224. The molecule has 0 amide bonds. The summed E-state index contributed by atoms with van der Waals surface area (Å²) in [4.78, 5) is 13.2. The van der Waals surface area contributed by atoms with Crippen LogP contribution in [0, 0.1) is 19.8 Å². The van der Waals surface area contributed by atoms with Gasteiger partial charge in [-0.25, -0.2) is 4.98 Å². The number of hydrogen-bond donors (Lipinski definition) is 2. The molecule has 192 valence electrons. The van der Waals surface area contributed by atoms with Crippen molar-refractivity contribution in [2.45, 2.75) is 64.4 Å². The molecule has 2 N–H and O–H groups in total. The van der Waals surface area contributed by atoms with Gasteiger partial charge in [-0.2, -0.15) is 4.98 Å². The van der Waals surface area contributed by atoms with Crippen LogP contribution in [-0.4, -0.2) is 45.8 Å². The van der Waals surface area contributed by atoms with Gasteiger partial charge in [-0.3, -0.25) is 9.62 Å². The number of anilines is 1. The highest BCUT2D eigenvalue weighted by molar-refractivity contribution is 8.00. The van der Waals surface area contributed by atoms with Crippen LogP contribution in [0.3, 0.4) is 0 Å². The Labute approximate surface area is 219 Å². The number of ether oxygens (including phenoxy) is 1. The molecule has 36 heavy (non-hydrogen) atoms. The van der Waals surface area contributed by atoms with Gasteiger partial charge in [0, 0.05) is 35.7 Å². The lowest BCUT2D eigenvalue weighted by atomic mass is 10.00. The number of unbranched alkanes of at least 4 members (excludes halogenated alkanes) is 1. The Hall–Kier alpha value is -2.61. The fraction of sp³-hybridized carbons (Fsp3) is 0.448. The standard InChI is InChI=1S/C29H38N4O2S/c1-20(2)15-24-19-35-27-17-26(28-21(3)9-7-10-22(28)4)30-29(31-27)32-36-25-12-8-11-23(16-25)18-33(24)13-5-6-14-34/h7-12,16-17,20,24,34H,5-6,13-15,18-19H2,1-4H3,(H,30,31,32). The van der Waals surface area contributed by atoms with Crippen molar-refractivity contribution >= 4 is 17.9 Å². The molecule has 0 spiro atoms. The lowest BCUT2D eigenvalue weighted by molar-refractivity contribution is 0.105.